The van der Waals surface area contributed by atoms with Crippen LogP contribution < -0.4 is 5.32 Å². The second-order valence-electron chi connectivity index (χ2n) is 7.74. The molecule has 0 saturated heterocycles. The lowest BCUT2D eigenvalue weighted by atomic mass is 10.1. The number of hydrogen-bond acceptors (Lipinski definition) is 3. The van der Waals surface area contributed by atoms with Gasteiger partial charge >= 0.3 is 0 Å². The number of unbranched alkanes of at least 4 members (excludes halogenated alkanes) is 2. The first-order valence-corrected chi connectivity index (χ1v) is 8.33. The van der Waals surface area contributed by atoms with Gasteiger partial charge in [-0.2, -0.15) is 0 Å². The molecule has 20 heavy (non-hydrogen) atoms. The highest BCUT2D eigenvalue weighted by Gasteiger charge is 2.09. The summed E-state index contributed by atoms with van der Waals surface area (Å²) in [6, 6.07) is 0. The van der Waals surface area contributed by atoms with Crippen LogP contribution in [0.25, 0.3) is 0 Å². The van der Waals surface area contributed by atoms with Gasteiger partial charge in [0.25, 0.3) is 0 Å². The third-order valence-corrected chi connectivity index (χ3v) is 3.29. The largest absolute Gasteiger partial charge is 0.312 e. The van der Waals surface area contributed by atoms with Crippen molar-refractivity contribution in [3.8, 4) is 0 Å². The van der Waals surface area contributed by atoms with Crippen molar-refractivity contribution in [1.29, 1.82) is 0 Å². The summed E-state index contributed by atoms with van der Waals surface area (Å²) in [4.78, 5) is 4.91. The smallest absolute Gasteiger partial charge is 0.0109 e. The number of nitrogens with one attached hydrogen (secondary N) is 1. The fraction of sp³-hybridized carbons (Fsp3) is 1.00. The van der Waals surface area contributed by atoms with Crippen LogP contribution in [0.3, 0.4) is 0 Å². The van der Waals surface area contributed by atoms with E-state index >= 15 is 0 Å². The molecular formula is C17H39N3. The van der Waals surface area contributed by atoms with Crippen molar-refractivity contribution in [2.75, 3.05) is 46.8 Å². The van der Waals surface area contributed by atoms with Crippen LogP contribution in [-0.4, -0.2) is 62.2 Å². The highest BCUT2D eigenvalue weighted by Crippen LogP contribution is 2.04. The number of likely N-dealkylation sites (N-methyl/N-ethyl adjacent to an activating group) is 1. The number of nitrogens with zero attached hydrogens (tertiary/aromatic N) is 2. The third-order valence-electron chi connectivity index (χ3n) is 3.29. The highest BCUT2D eigenvalue weighted by atomic mass is 15.2. The van der Waals surface area contributed by atoms with Gasteiger partial charge in [0.15, 0.2) is 0 Å². The van der Waals surface area contributed by atoms with Gasteiger partial charge in [0, 0.05) is 25.2 Å². The van der Waals surface area contributed by atoms with Crippen molar-refractivity contribution in [2.24, 2.45) is 5.92 Å². The molecule has 0 bridgehead atoms. The van der Waals surface area contributed by atoms with E-state index in [-0.39, 0.29) is 5.54 Å². The quantitative estimate of drug-likeness (QED) is 0.589. The molecule has 0 aliphatic rings. The lowest BCUT2D eigenvalue weighted by Crippen LogP contribution is -2.36. The minimum atomic E-state index is 0.259. The zero-order chi connectivity index (χ0) is 15.6. The second kappa shape index (κ2) is 10.6. The lowest BCUT2D eigenvalue weighted by molar-refractivity contribution is 0.215. The molecule has 0 radical (unpaired) electrons. The Morgan fingerprint density at radius 3 is 2.05 bits per heavy atom. The van der Waals surface area contributed by atoms with Gasteiger partial charge in [0.1, 0.15) is 0 Å². The van der Waals surface area contributed by atoms with E-state index in [1.807, 2.05) is 0 Å². The van der Waals surface area contributed by atoms with Crippen LogP contribution in [-0.2, 0) is 0 Å². The predicted octanol–water partition coefficient (Wildman–Crippen LogP) is 3.06. The van der Waals surface area contributed by atoms with Gasteiger partial charge in [-0.15, -0.1) is 0 Å². The molecule has 0 aromatic carbocycles. The molecule has 0 atom stereocenters. The van der Waals surface area contributed by atoms with Crippen molar-refractivity contribution >= 4 is 0 Å². The van der Waals surface area contributed by atoms with Crippen molar-refractivity contribution in [3.63, 3.8) is 0 Å². The van der Waals surface area contributed by atoms with Crippen LogP contribution in [0, 0.1) is 5.92 Å². The summed E-state index contributed by atoms with van der Waals surface area (Å²) in [5.74, 6) is 0.764. The molecule has 0 amide bonds. The predicted molar refractivity (Wildman–Crippen MR) is 91.4 cm³/mol. The SMILES string of the molecule is CC(C)CN(CCCCCNC(C)(C)C)CCN(C)C. The molecule has 0 saturated carbocycles. The van der Waals surface area contributed by atoms with E-state index in [2.05, 4.69) is 63.8 Å². The van der Waals surface area contributed by atoms with E-state index in [0.29, 0.717) is 0 Å². The fourth-order valence-corrected chi connectivity index (χ4v) is 2.25. The van der Waals surface area contributed by atoms with Gasteiger partial charge in [-0.3, -0.25) is 0 Å². The molecule has 3 heteroatoms. The van der Waals surface area contributed by atoms with Crippen molar-refractivity contribution in [3.05, 3.63) is 0 Å². The van der Waals surface area contributed by atoms with E-state index in [9.17, 15) is 0 Å². The Bertz CT molecular complexity index is 219. The maximum absolute atomic E-state index is 3.56. The van der Waals surface area contributed by atoms with Gasteiger partial charge in [-0.25, -0.2) is 0 Å². The molecule has 3 nitrogen and oxygen atoms in total. The van der Waals surface area contributed by atoms with Gasteiger partial charge in [0.2, 0.25) is 0 Å². The summed E-state index contributed by atoms with van der Waals surface area (Å²) in [5.41, 5.74) is 0.259. The summed E-state index contributed by atoms with van der Waals surface area (Å²) in [6.07, 6.45) is 3.95. The van der Waals surface area contributed by atoms with Crippen LogP contribution in [0.4, 0.5) is 0 Å². The van der Waals surface area contributed by atoms with Gasteiger partial charge in [-0.05, 0) is 66.7 Å². The first-order chi connectivity index (χ1) is 9.20. The fourth-order valence-electron chi connectivity index (χ4n) is 2.25. The minimum absolute atomic E-state index is 0.259. The summed E-state index contributed by atoms with van der Waals surface area (Å²) < 4.78 is 0. The Morgan fingerprint density at radius 2 is 1.55 bits per heavy atom. The van der Waals surface area contributed by atoms with Crippen molar-refractivity contribution < 1.29 is 0 Å². The first kappa shape index (κ1) is 19.9. The van der Waals surface area contributed by atoms with E-state index < -0.39 is 0 Å². The molecule has 0 heterocycles. The van der Waals surface area contributed by atoms with Gasteiger partial charge in [-0.1, -0.05) is 20.3 Å². The second-order valence-corrected chi connectivity index (χ2v) is 7.74. The maximum atomic E-state index is 3.56. The van der Waals surface area contributed by atoms with Crippen LogP contribution in [0.5, 0.6) is 0 Å². The molecule has 0 rings (SSSR count). The van der Waals surface area contributed by atoms with E-state index in [0.717, 1.165) is 19.0 Å². The number of hydrogen-bond donors (Lipinski definition) is 1. The Labute approximate surface area is 128 Å². The van der Waals surface area contributed by atoms with E-state index in [1.54, 1.807) is 0 Å². The molecule has 0 aliphatic heterocycles. The molecule has 122 valence electrons. The average molecular weight is 286 g/mol. The third kappa shape index (κ3) is 14.3. The minimum Gasteiger partial charge on any atom is -0.312 e. The standard InChI is InChI=1S/C17H39N3/c1-16(2)15-20(14-13-19(6)7)12-10-8-9-11-18-17(3,4)5/h16,18H,8-15H2,1-7H3. The summed E-state index contributed by atoms with van der Waals surface area (Å²) >= 11 is 0. The first-order valence-electron chi connectivity index (χ1n) is 8.33. The summed E-state index contributed by atoms with van der Waals surface area (Å²) in [5, 5.41) is 3.56. The van der Waals surface area contributed by atoms with Crippen LogP contribution in [0.15, 0.2) is 0 Å². The normalized spacial score (nSPS) is 12.9. The van der Waals surface area contributed by atoms with E-state index in [4.69, 9.17) is 0 Å². The Morgan fingerprint density at radius 1 is 0.900 bits per heavy atom. The number of rotatable bonds is 11. The highest BCUT2D eigenvalue weighted by molar-refractivity contribution is 4.70. The molecule has 1 N–H and O–H groups in total. The average Bonchev–Trinajstić information content (AvgIpc) is 2.28. The molecule has 0 fully saturated rings. The van der Waals surface area contributed by atoms with Gasteiger partial charge in [0.05, 0.1) is 0 Å². The lowest BCUT2D eigenvalue weighted by Gasteiger charge is -2.26. The molecule has 0 aromatic heterocycles. The van der Waals surface area contributed by atoms with Crippen LogP contribution >= 0.6 is 0 Å². The molecule has 0 unspecified atom stereocenters. The maximum Gasteiger partial charge on any atom is 0.0109 e. The topological polar surface area (TPSA) is 18.5 Å². The Kier molecular flexibility index (Phi) is 10.5. The molecule has 0 aliphatic carbocycles. The molecule has 0 aromatic rings. The molecular weight excluding hydrogens is 246 g/mol. The summed E-state index contributed by atoms with van der Waals surface area (Å²) in [6.45, 7) is 17.3. The van der Waals surface area contributed by atoms with Gasteiger partial charge < -0.3 is 15.1 Å². The molecule has 0 spiro atoms. The van der Waals surface area contributed by atoms with Crippen LogP contribution in [0.1, 0.15) is 53.9 Å². The summed E-state index contributed by atoms with van der Waals surface area (Å²) in [7, 11) is 4.32. The Balaban J connectivity index is 3.73. The monoisotopic (exact) mass is 285 g/mol. The Hall–Kier alpha value is -0.120. The van der Waals surface area contributed by atoms with Crippen molar-refractivity contribution in [1.82, 2.24) is 15.1 Å². The van der Waals surface area contributed by atoms with E-state index in [1.165, 1.54) is 38.9 Å². The zero-order valence-electron chi connectivity index (χ0n) is 15.1. The van der Waals surface area contributed by atoms with Crippen molar-refractivity contribution in [2.45, 2.75) is 59.4 Å². The van der Waals surface area contributed by atoms with Crippen LogP contribution in [0.2, 0.25) is 0 Å². The zero-order valence-corrected chi connectivity index (χ0v) is 15.1.